The smallest absolute Gasteiger partial charge is 0.122 e. The van der Waals surface area contributed by atoms with Crippen LogP contribution in [0.25, 0.3) is 0 Å². The Morgan fingerprint density at radius 3 is 2.18 bits per heavy atom. The first-order chi connectivity index (χ1) is 5.13. The fourth-order valence-corrected chi connectivity index (χ4v) is 0.586. The van der Waals surface area contributed by atoms with Gasteiger partial charge in [-0.3, -0.25) is 0 Å². The fourth-order valence-electron chi connectivity index (χ4n) is 0.586. The van der Waals surface area contributed by atoms with Crippen LogP contribution in [0, 0.1) is 0 Å². The number of hydrogen-bond acceptors (Lipinski definition) is 4. The fraction of sp³-hybridized carbons (Fsp3) is 0.833. The summed E-state index contributed by atoms with van der Waals surface area (Å²) in [5, 5.41) is 26.3. The molecule has 0 fully saturated rings. The van der Waals surface area contributed by atoms with E-state index < -0.39 is 25.0 Å². The third kappa shape index (κ3) is 3.41. The van der Waals surface area contributed by atoms with Crippen molar-refractivity contribution in [2.75, 3.05) is 6.67 Å². The normalized spacial score (nSPS) is 18.9. The topological polar surface area (TPSA) is 77.8 Å². The Labute approximate surface area is 63.3 Å². The molecule has 5 heteroatoms. The van der Waals surface area contributed by atoms with E-state index in [2.05, 4.69) is 0 Å². The number of alkyl halides is 1. The minimum absolute atomic E-state index is 0.307. The lowest BCUT2D eigenvalue weighted by Gasteiger charge is -2.18. The standard InChI is InChI=1S/C6H11FO4/c7-3-5(10)6(11)4(9)1-2-8/h2,4-6,9-11H,1,3H2/t4-,5-,6+/m1/s1. The average Bonchev–Trinajstić information content (AvgIpc) is 2.02. The van der Waals surface area contributed by atoms with Crippen LogP contribution in [0.5, 0.6) is 0 Å². The molecule has 0 heterocycles. The average molecular weight is 166 g/mol. The minimum atomic E-state index is -1.62. The summed E-state index contributed by atoms with van der Waals surface area (Å²) in [4.78, 5) is 9.78. The van der Waals surface area contributed by atoms with Crippen molar-refractivity contribution >= 4 is 6.29 Å². The Bertz CT molecular complexity index is 119. The van der Waals surface area contributed by atoms with E-state index in [4.69, 9.17) is 15.3 Å². The van der Waals surface area contributed by atoms with Gasteiger partial charge in [-0.2, -0.15) is 0 Å². The lowest BCUT2D eigenvalue weighted by Crippen LogP contribution is -2.38. The molecule has 0 radical (unpaired) electrons. The van der Waals surface area contributed by atoms with Crippen LogP contribution < -0.4 is 0 Å². The summed E-state index contributed by atoms with van der Waals surface area (Å²) < 4.78 is 11.6. The molecule has 0 aliphatic carbocycles. The van der Waals surface area contributed by atoms with Crippen LogP contribution in [0.1, 0.15) is 6.42 Å². The third-order valence-corrected chi connectivity index (χ3v) is 1.28. The van der Waals surface area contributed by atoms with Gasteiger partial charge >= 0.3 is 0 Å². The van der Waals surface area contributed by atoms with E-state index in [0.29, 0.717) is 6.29 Å². The van der Waals surface area contributed by atoms with Gasteiger partial charge in [-0.25, -0.2) is 4.39 Å². The van der Waals surface area contributed by atoms with E-state index in [1.54, 1.807) is 0 Å². The number of rotatable bonds is 5. The molecule has 0 saturated heterocycles. The lowest BCUT2D eigenvalue weighted by atomic mass is 10.1. The molecule has 0 aromatic carbocycles. The molecule has 3 atom stereocenters. The molecule has 4 nitrogen and oxygen atoms in total. The molecule has 0 amide bonds. The van der Waals surface area contributed by atoms with E-state index in [9.17, 15) is 9.18 Å². The summed E-state index contributed by atoms with van der Waals surface area (Å²) in [6, 6.07) is 0. The van der Waals surface area contributed by atoms with Crippen molar-refractivity contribution in [3.63, 3.8) is 0 Å². The van der Waals surface area contributed by atoms with Crippen LogP contribution in [0.2, 0.25) is 0 Å². The predicted octanol–water partition coefficient (Wildman–Crippen LogP) is -1.37. The summed E-state index contributed by atoms with van der Waals surface area (Å²) in [5.41, 5.74) is 0. The van der Waals surface area contributed by atoms with Crippen LogP contribution in [-0.2, 0) is 4.79 Å². The highest BCUT2D eigenvalue weighted by atomic mass is 19.1. The molecule has 0 rings (SSSR count). The van der Waals surface area contributed by atoms with Crippen LogP contribution in [-0.4, -0.2) is 46.6 Å². The van der Waals surface area contributed by atoms with Gasteiger partial charge in [-0.15, -0.1) is 0 Å². The second kappa shape index (κ2) is 5.17. The highest BCUT2D eigenvalue weighted by Gasteiger charge is 2.23. The third-order valence-electron chi connectivity index (χ3n) is 1.28. The summed E-state index contributed by atoms with van der Waals surface area (Å²) in [7, 11) is 0. The molecule has 0 aliphatic rings. The molecule has 11 heavy (non-hydrogen) atoms. The van der Waals surface area contributed by atoms with Gasteiger partial charge in [-0.05, 0) is 0 Å². The molecule has 0 unspecified atom stereocenters. The summed E-state index contributed by atoms with van der Waals surface area (Å²) in [5.74, 6) is 0. The Kier molecular flexibility index (Phi) is 4.93. The van der Waals surface area contributed by atoms with Gasteiger partial charge in [0.25, 0.3) is 0 Å². The first kappa shape index (κ1) is 10.5. The van der Waals surface area contributed by atoms with Gasteiger partial charge in [0.05, 0.1) is 6.10 Å². The van der Waals surface area contributed by atoms with Gasteiger partial charge in [0.2, 0.25) is 0 Å². The van der Waals surface area contributed by atoms with Gasteiger partial charge in [0, 0.05) is 6.42 Å². The molecule has 66 valence electrons. The minimum Gasteiger partial charge on any atom is -0.390 e. The summed E-state index contributed by atoms with van der Waals surface area (Å²) in [6.45, 7) is -1.14. The second-order valence-electron chi connectivity index (χ2n) is 2.18. The Morgan fingerprint density at radius 1 is 1.27 bits per heavy atom. The summed E-state index contributed by atoms with van der Waals surface area (Å²) in [6.07, 6.45) is -4.52. The Balaban J connectivity index is 3.79. The number of aldehydes is 1. The van der Waals surface area contributed by atoms with Gasteiger partial charge < -0.3 is 20.1 Å². The van der Waals surface area contributed by atoms with Crippen molar-refractivity contribution in [2.45, 2.75) is 24.7 Å². The molecule has 3 N–H and O–H groups in total. The van der Waals surface area contributed by atoms with Crippen molar-refractivity contribution in [1.82, 2.24) is 0 Å². The van der Waals surface area contributed by atoms with Crippen LogP contribution in [0.4, 0.5) is 4.39 Å². The van der Waals surface area contributed by atoms with Crippen molar-refractivity contribution in [1.29, 1.82) is 0 Å². The molecule has 0 aromatic heterocycles. The van der Waals surface area contributed by atoms with Crippen molar-refractivity contribution in [2.24, 2.45) is 0 Å². The Morgan fingerprint density at radius 2 is 1.82 bits per heavy atom. The number of aliphatic hydroxyl groups is 3. The number of hydrogen-bond donors (Lipinski definition) is 3. The molecule has 0 bridgehead atoms. The zero-order valence-electron chi connectivity index (χ0n) is 5.85. The number of carbonyl (C=O) groups excluding carboxylic acids is 1. The van der Waals surface area contributed by atoms with Crippen LogP contribution in [0.3, 0.4) is 0 Å². The van der Waals surface area contributed by atoms with Gasteiger partial charge in [-0.1, -0.05) is 0 Å². The van der Waals surface area contributed by atoms with E-state index in [1.807, 2.05) is 0 Å². The zero-order chi connectivity index (χ0) is 8.85. The predicted molar refractivity (Wildman–Crippen MR) is 34.7 cm³/mol. The highest BCUT2D eigenvalue weighted by molar-refractivity contribution is 5.50. The number of halogens is 1. The van der Waals surface area contributed by atoms with Gasteiger partial charge in [0.1, 0.15) is 25.2 Å². The van der Waals surface area contributed by atoms with Crippen molar-refractivity contribution in [3.05, 3.63) is 0 Å². The summed E-state index contributed by atoms with van der Waals surface area (Å²) >= 11 is 0. The van der Waals surface area contributed by atoms with Crippen molar-refractivity contribution in [3.8, 4) is 0 Å². The molecule has 0 saturated carbocycles. The van der Waals surface area contributed by atoms with Crippen LogP contribution in [0.15, 0.2) is 0 Å². The first-order valence-electron chi connectivity index (χ1n) is 3.17. The first-order valence-corrected chi connectivity index (χ1v) is 3.17. The maximum atomic E-state index is 11.6. The zero-order valence-corrected chi connectivity index (χ0v) is 5.85. The Hall–Kier alpha value is -0.520. The number of carbonyl (C=O) groups is 1. The second-order valence-corrected chi connectivity index (χ2v) is 2.18. The largest absolute Gasteiger partial charge is 0.390 e. The number of aliphatic hydroxyl groups excluding tert-OH is 3. The molecule has 0 aromatic rings. The SMILES string of the molecule is O=CC[C@@H](O)[C@H](O)[C@H](O)CF. The quantitative estimate of drug-likeness (QED) is 0.440. The monoisotopic (exact) mass is 166 g/mol. The maximum absolute atomic E-state index is 11.6. The van der Waals surface area contributed by atoms with E-state index in [1.165, 1.54) is 0 Å². The van der Waals surface area contributed by atoms with E-state index in [-0.39, 0.29) is 6.42 Å². The maximum Gasteiger partial charge on any atom is 0.122 e. The lowest BCUT2D eigenvalue weighted by molar-refractivity contribution is -0.114. The van der Waals surface area contributed by atoms with Crippen molar-refractivity contribution < 1.29 is 24.5 Å². The molecular formula is C6H11FO4. The molecule has 0 spiro atoms. The highest BCUT2D eigenvalue weighted by Crippen LogP contribution is 2.02. The van der Waals surface area contributed by atoms with E-state index in [0.717, 1.165) is 0 Å². The molecule has 0 aliphatic heterocycles. The van der Waals surface area contributed by atoms with E-state index >= 15 is 0 Å². The van der Waals surface area contributed by atoms with Crippen LogP contribution >= 0.6 is 0 Å². The molecular weight excluding hydrogens is 155 g/mol. The van der Waals surface area contributed by atoms with Gasteiger partial charge in [0.15, 0.2) is 0 Å².